The normalized spacial score (nSPS) is 13.7. The number of aliphatic hydroxyl groups excluding tert-OH is 1. The SMILES string of the molecule is CC(C)C(O)c1cc2ccccc2[nH]1. The van der Waals surface area contributed by atoms with Crippen molar-refractivity contribution in [1.29, 1.82) is 0 Å². The molecule has 0 aliphatic carbocycles. The molecule has 2 aromatic rings. The topological polar surface area (TPSA) is 36.0 Å². The van der Waals surface area contributed by atoms with E-state index in [-0.39, 0.29) is 5.92 Å². The molecule has 1 atom stereocenters. The molecule has 0 bridgehead atoms. The molecule has 0 radical (unpaired) electrons. The Hall–Kier alpha value is -1.28. The van der Waals surface area contributed by atoms with Gasteiger partial charge in [0.05, 0.1) is 6.10 Å². The lowest BCUT2D eigenvalue weighted by Gasteiger charge is -2.11. The van der Waals surface area contributed by atoms with Crippen molar-refractivity contribution in [2.45, 2.75) is 20.0 Å². The molecular weight excluding hydrogens is 174 g/mol. The van der Waals surface area contributed by atoms with Gasteiger partial charge in [-0.1, -0.05) is 32.0 Å². The zero-order valence-corrected chi connectivity index (χ0v) is 8.49. The minimum Gasteiger partial charge on any atom is -0.387 e. The number of fused-ring (bicyclic) bond motifs is 1. The van der Waals surface area contributed by atoms with Crippen LogP contribution in [0.3, 0.4) is 0 Å². The maximum Gasteiger partial charge on any atom is 0.0960 e. The maximum atomic E-state index is 9.87. The predicted molar refractivity (Wildman–Crippen MR) is 58.1 cm³/mol. The Morgan fingerprint density at radius 2 is 1.93 bits per heavy atom. The summed E-state index contributed by atoms with van der Waals surface area (Å²) >= 11 is 0. The Kier molecular flexibility index (Phi) is 2.30. The molecule has 1 unspecified atom stereocenters. The fourth-order valence-corrected chi connectivity index (χ4v) is 1.61. The summed E-state index contributed by atoms with van der Waals surface area (Å²) in [5, 5.41) is 11.0. The van der Waals surface area contributed by atoms with Crippen molar-refractivity contribution in [2.24, 2.45) is 5.92 Å². The van der Waals surface area contributed by atoms with Crippen LogP contribution in [0.5, 0.6) is 0 Å². The number of aliphatic hydroxyl groups is 1. The van der Waals surface area contributed by atoms with E-state index in [2.05, 4.69) is 4.98 Å². The van der Waals surface area contributed by atoms with Gasteiger partial charge in [-0.05, 0) is 23.4 Å². The van der Waals surface area contributed by atoms with Crippen LogP contribution < -0.4 is 0 Å². The second-order valence-electron chi connectivity index (χ2n) is 4.00. The predicted octanol–water partition coefficient (Wildman–Crippen LogP) is 2.86. The molecular formula is C12H15NO. The van der Waals surface area contributed by atoms with Crippen LogP contribution in [0, 0.1) is 5.92 Å². The number of nitrogens with one attached hydrogen (secondary N) is 1. The van der Waals surface area contributed by atoms with Crippen molar-refractivity contribution >= 4 is 10.9 Å². The molecule has 0 aliphatic rings. The molecule has 2 N–H and O–H groups in total. The van der Waals surface area contributed by atoms with Crippen molar-refractivity contribution in [3.05, 3.63) is 36.0 Å². The lowest BCUT2D eigenvalue weighted by atomic mass is 10.0. The van der Waals surface area contributed by atoms with Gasteiger partial charge in [-0.3, -0.25) is 0 Å². The van der Waals surface area contributed by atoms with Gasteiger partial charge in [0.25, 0.3) is 0 Å². The van der Waals surface area contributed by atoms with Crippen LogP contribution >= 0.6 is 0 Å². The van der Waals surface area contributed by atoms with Crippen LogP contribution in [0.2, 0.25) is 0 Å². The highest BCUT2D eigenvalue weighted by molar-refractivity contribution is 5.80. The van der Waals surface area contributed by atoms with E-state index < -0.39 is 6.10 Å². The fraction of sp³-hybridized carbons (Fsp3) is 0.333. The van der Waals surface area contributed by atoms with E-state index in [0.717, 1.165) is 16.6 Å². The van der Waals surface area contributed by atoms with E-state index >= 15 is 0 Å². The van der Waals surface area contributed by atoms with Crippen molar-refractivity contribution in [1.82, 2.24) is 4.98 Å². The Morgan fingerprint density at radius 3 is 2.57 bits per heavy atom. The van der Waals surface area contributed by atoms with Crippen LogP contribution in [0.4, 0.5) is 0 Å². The van der Waals surface area contributed by atoms with E-state index in [1.807, 2.05) is 44.2 Å². The molecule has 0 spiro atoms. The Labute approximate surface area is 83.6 Å². The van der Waals surface area contributed by atoms with E-state index in [1.54, 1.807) is 0 Å². The number of H-pyrrole nitrogens is 1. The molecule has 0 saturated heterocycles. The molecule has 1 heterocycles. The fourth-order valence-electron chi connectivity index (χ4n) is 1.61. The number of hydrogen-bond acceptors (Lipinski definition) is 1. The number of benzene rings is 1. The molecule has 1 aromatic heterocycles. The first kappa shape index (κ1) is 9.28. The van der Waals surface area contributed by atoms with Gasteiger partial charge in [0.2, 0.25) is 0 Å². The molecule has 0 saturated carbocycles. The molecule has 0 amide bonds. The summed E-state index contributed by atoms with van der Waals surface area (Å²) < 4.78 is 0. The molecule has 2 nitrogen and oxygen atoms in total. The highest BCUT2D eigenvalue weighted by Gasteiger charge is 2.13. The average Bonchev–Trinajstić information content (AvgIpc) is 2.59. The number of para-hydroxylation sites is 1. The third-order valence-electron chi connectivity index (χ3n) is 2.50. The van der Waals surface area contributed by atoms with Gasteiger partial charge in [-0.25, -0.2) is 0 Å². The zero-order valence-electron chi connectivity index (χ0n) is 8.49. The first-order valence-corrected chi connectivity index (χ1v) is 4.94. The maximum absolute atomic E-state index is 9.87. The van der Waals surface area contributed by atoms with Crippen LogP contribution in [-0.4, -0.2) is 10.1 Å². The van der Waals surface area contributed by atoms with Crippen molar-refractivity contribution in [2.75, 3.05) is 0 Å². The summed E-state index contributed by atoms with van der Waals surface area (Å²) in [6, 6.07) is 10.1. The highest BCUT2D eigenvalue weighted by atomic mass is 16.3. The van der Waals surface area contributed by atoms with E-state index in [9.17, 15) is 5.11 Å². The van der Waals surface area contributed by atoms with Gasteiger partial charge in [-0.15, -0.1) is 0 Å². The summed E-state index contributed by atoms with van der Waals surface area (Å²) in [6.45, 7) is 4.02. The van der Waals surface area contributed by atoms with Crippen LogP contribution in [0.15, 0.2) is 30.3 Å². The Bertz CT molecular complexity index is 398. The van der Waals surface area contributed by atoms with Gasteiger partial charge in [-0.2, -0.15) is 0 Å². The molecule has 1 aromatic carbocycles. The standard InChI is InChI=1S/C12H15NO/c1-8(2)12(14)11-7-9-5-3-4-6-10(9)13-11/h3-8,12-14H,1-2H3. The lowest BCUT2D eigenvalue weighted by molar-refractivity contribution is 0.123. The minimum atomic E-state index is -0.401. The van der Waals surface area contributed by atoms with Gasteiger partial charge in [0.1, 0.15) is 0 Å². The van der Waals surface area contributed by atoms with Crippen molar-refractivity contribution in [3.8, 4) is 0 Å². The van der Waals surface area contributed by atoms with Crippen LogP contribution in [0.1, 0.15) is 25.6 Å². The molecule has 0 fully saturated rings. The first-order valence-electron chi connectivity index (χ1n) is 4.94. The third-order valence-corrected chi connectivity index (χ3v) is 2.50. The minimum absolute atomic E-state index is 0.239. The number of aromatic amines is 1. The summed E-state index contributed by atoms with van der Waals surface area (Å²) in [5.74, 6) is 0.239. The van der Waals surface area contributed by atoms with Gasteiger partial charge in [0.15, 0.2) is 0 Å². The number of rotatable bonds is 2. The molecule has 2 heteroatoms. The Balaban J connectivity index is 2.45. The molecule has 14 heavy (non-hydrogen) atoms. The third kappa shape index (κ3) is 1.53. The summed E-state index contributed by atoms with van der Waals surface area (Å²) in [5.41, 5.74) is 1.99. The summed E-state index contributed by atoms with van der Waals surface area (Å²) in [7, 11) is 0. The molecule has 74 valence electrons. The first-order chi connectivity index (χ1) is 6.68. The van der Waals surface area contributed by atoms with Gasteiger partial charge in [0, 0.05) is 11.2 Å². The van der Waals surface area contributed by atoms with Crippen molar-refractivity contribution in [3.63, 3.8) is 0 Å². The second kappa shape index (κ2) is 3.46. The average molecular weight is 189 g/mol. The number of aromatic nitrogens is 1. The van der Waals surface area contributed by atoms with E-state index in [0.29, 0.717) is 0 Å². The molecule has 2 rings (SSSR count). The summed E-state index contributed by atoms with van der Waals surface area (Å²) in [4.78, 5) is 3.23. The lowest BCUT2D eigenvalue weighted by Crippen LogP contribution is -2.05. The van der Waals surface area contributed by atoms with Crippen molar-refractivity contribution < 1.29 is 5.11 Å². The quantitative estimate of drug-likeness (QED) is 0.748. The van der Waals surface area contributed by atoms with E-state index in [1.165, 1.54) is 0 Å². The van der Waals surface area contributed by atoms with E-state index in [4.69, 9.17) is 0 Å². The van der Waals surface area contributed by atoms with Crippen LogP contribution in [0.25, 0.3) is 10.9 Å². The Morgan fingerprint density at radius 1 is 1.21 bits per heavy atom. The smallest absolute Gasteiger partial charge is 0.0960 e. The molecule has 0 aliphatic heterocycles. The summed E-state index contributed by atoms with van der Waals surface area (Å²) in [6.07, 6.45) is -0.401. The van der Waals surface area contributed by atoms with Gasteiger partial charge >= 0.3 is 0 Å². The largest absolute Gasteiger partial charge is 0.387 e. The monoisotopic (exact) mass is 189 g/mol. The van der Waals surface area contributed by atoms with Crippen LogP contribution in [-0.2, 0) is 0 Å². The second-order valence-corrected chi connectivity index (χ2v) is 4.00. The zero-order chi connectivity index (χ0) is 10.1. The highest BCUT2D eigenvalue weighted by Crippen LogP contribution is 2.24. The number of hydrogen-bond donors (Lipinski definition) is 2. The van der Waals surface area contributed by atoms with Gasteiger partial charge < -0.3 is 10.1 Å².